The molecule has 2 aromatic rings. The largest absolute Gasteiger partial charge is 0.368 e. The third-order valence-corrected chi connectivity index (χ3v) is 2.14. The third-order valence-electron chi connectivity index (χ3n) is 2.14. The van der Waals surface area contributed by atoms with Crippen molar-refractivity contribution in [2.24, 2.45) is 7.05 Å². The molecule has 6 heteroatoms. The molecule has 0 aliphatic carbocycles. The van der Waals surface area contributed by atoms with Gasteiger partial charge in [0.2, 0.25) is 5.95 Å². The molecule has 0 unspecified atom stereocenters. The van der Waals surface area contributed by atoms with E-state index in [2.05, 4.69) is 20.3 Å². The molecule has 2 heterocycles. The van der Waals surface area contributed by atoms with Gasteiger partial charge in [-0.1, -0.05) is 0 Å². The van der Waals surface area contributed by atoms with Gasteiger partial charge in [0.25, 0.3) is 0 Å². The van der Waals surface area contributed by atoms with Gasteiger partial charge in [-0.3, -0.25) is 0 Å². The minimum absolute atomic E-state index is 0.388. The van der Waals surface area contributed by atoms with Gasteiger partial charge in [0, 0.05) is 12.6 Å². The van der Waals surface area contributed by atoms with Crippen LogP contribution in [-0.2, 0) is 7.05 Å². The first-order valence-electron chi connectivity index (χ1n) is 4.55. The number of aromatic nitrogens is 5. The zero-order chi connectivity index (χ0) is 11.0. The van der Waals surface area contributed by atoms with Crippen LogP contribution in [0.3, 0.4) is 0 Å². The van der Waals surface area contributed by atoms with Crippen LogP contribution >= 0.6 is 0 Å². The molecule has 0 saturated carbocycles. The Balaban J connectivity index is 2.58. The molecule has 0 radical (unpaired) electrons. The second-order valence-electron chi connectivity index (χ2n) is 3.40. The van der Waals surface area contributed by atoms with Gasteiger partial charge in [-0.25, -0.2) is 4.68 Å². The Morgan fingerprint density at radius 3 is 2.60 bits per heavy atom. The van der Waals surface area contributed by atoms with Crippen LogP contribution < -0.4 is 5.73 Å². The fourth-order valence-electron chi connectivity index (χ4n) is 1.29. The lowest BCUT2D eigenvalue weighted by molar-refractivity contribution is 0.780. The average Bonchev–Trinajstić information content (AvgIpc) is 2.51. The molecule has 0 spiro atoms. The minimum atomic E-state index is 0.388. The topological polar surface area (TPSA) is 82.5 Å². The van der Waals surface area contributed by atoms with E-state index in [9.17, 15) is 0 Å². The number of rotatable bonds is 1. The SMILES string of the molecule is Cc1cc(-c2nc(N)n(C)n2)c(C)nn1. The van der Waals surface area contributed by atoms with Crippen molar-refractivity contribution in [2.75, 3.05) is 5.73 Å². The Labute approximate surface area is 87.2 Å². The van der Waals surface area contributed by atoms with E-state index in [1.807, 2.05) is 19.9 Å². The van der Waals surface area contributed by atoms with Crippen LogP contribution in [0.25, 0.3) is 11.4 Å². The zero-order valence-corrected chi connectivity index (χ0v) is 8.89. The molecule has 0 saturated heterocycles. The first-order valence-corrected chi connectivity index (χ1v) is 4.55. The summed E-state index contributed by atoms with van der Waals surface area (Å²) < 4.78 is 1.53. The molecule has 0 fully saturated rings. The molecule has 2 aromatic heterocycles. The van der Waals surface area contributed by atoms with E-state index >= 15 is 0 Å². The molecule has 2 N–H and O–H groups in total. The van der Waals surface area contributed by atoms with Gasteiger partial charge in [0.1, 0.15) is 0 Å². The summed E-state index contributed by atoms with van der Waals surface area (Å²) >= 11 is 0. The van der Waals surface area contributed by atoms with Crippen LogP contribution in [0.5, 0.6) is 0 Å². The van der Waals surface area contributed by atoms with Gasteiger partial charge in [-0.15, -0.1) is 5.10 Å². The van der Waals surface area contributed by atoms with Crippen LogP contribution in [0.2, 0.25) is 0 Å². The highest BCUT2D eigenvalue weighted by Crippen LogP contribution is 2.18. The van der Waals surface area contributed by atoms with Crippen molar-refractivity contribution in [3.63, 3.8) is 0 Å². The smallest absolute Gasteiger partial charge is 0.218 e. The van der Waals surface area contributed by atoms with E-state index in [-0.39, 0.29) is 0 Å². The summed E-state index contributed by atoms with van der Waals surface area (Å²) in [4.78, 5) is 4.14. The molecule has 0 bridgehead atoms. The maximum atomic E-state index is 5.62. The highest BCUT2D eigenvalue weighted by Gasteiger charge is 2.10. The van der Waals surface area contributed by atoms with E-state index in [0.29, 0.717) is 11.8 Å². The van der Waals surface area contributed by atoms with Crippen molar-refractivity contribution < 1.29 is 0 Å². The third kappa shape index (κ3) is 1.65. The normalized spacial score (nSPS) is 10.6. The Bertz CT molecular complexity index is 482. The second-order valence-corrected chi connectivity index (χ2v) is 3.40. The number of hydrogen-bond donors (Lipinski definition) is 1. The number of anilines is 1. The predicted molar refractivity (Wildman–Crippen MR) is 55.9 cm³/mol. The van der Waals surface area contributed by atoms with Crippen molar-refractivity contribution in [1.29, 1.82) is 0 Å². The van der Waals surface area contributed by atoms with Crippen LogP contribution in [0.15, 0.2) is 6.07 Å². The van der Waals surface area contributed by atoms with Gasteiger partial charge in [-0.2, -0.15) is 15.2 Å². The first-order chi connectivity index (χ1) is 7.08. The Kier molecular flexibility index (Phi) is 2.11. The number of hydrogen-bond acceptors (Lipinski definition) is 5. The Morgan fingerprint density at radius 2 is 2.00 bits per heavy atom. The lowest BCUT2D eigenvalue weighted by Crippen LogP contribution is -1.97. The summed E-state index contributed by atoms with van der Waals surface area (Å²) in [5.74, 6) is 0.976. The Hall–Kier alpha value is -1.98. The summed E-state index contributed by atoms with van der Waals surface area (Å²) in [6, 6.07) is 1.90. The molecule has 0 amide bonds. The van der Waals surface area contributed by atoms with Gasteiger partial charge in [0.05, 0.1) is 11.4 Å². The molecule has 2 rings (SSSR count). The van der Waals surface area contributed by atoms with Crippen LogP contribution in [0, 0.1) is 13.8 Å². The van der Waals surface area contributed by atoms with E-state index in [1.165, 1.54) is 4.68 Å². The van der Waals surface area contributed by atoms with Gasteiger partial charge < -0.3 is 5.73 Å². The van der Waals surface area contributed by atoms with E-state index in [1.54, 1.807) is 7.05 Å². The highest BCUT2D eigenvalue weighted by atomic mass is 15.4. The van der Waals surface area contributed by atoms with Crippen molar-refractivity contribution in [3.8, 4) is 11.4 Å². The molecule has 0 aliphatic heterocycles. The number of aryl methyl sites for hydroxylation is 3. The Morgan fingerprint density at radius 1 is 1.27 bits per heavy atom. The zero-order valence-electron chi connectivity index (χ0n) is 8.89. The molecule has 0 aromatic carbocycles. The summed E-state index contributed by atoms with van der Waals surface area (Å²) in [5.41, 5.74) is 8.12. The quantitative estimate of drug-likeness (QED) is 0.730. The van der Waals surface area contributed by atoms with E-state index in [0.717, 1.165) is 17.0 Å². The van der Waals surface area contributed by atoms with Crippen LogP contribution in [0.1, 0.15) is 11.4 Å². The fraction of sp³-hybridized carbons (Fsp3) is 0.333. The fourth-order valence-corrected chi connectivity index (χ4v) is 1.29. The highest BCUT2D eigenvalue weighted by molar-refractivity contribution is 5.58. The van der Waals surface area contributed by atoms with E-state index < -0.39 is 0 Å². The summed E-state index contributed by atoms with van der Waals surface area (Å²) in [7, 11) is 1.75. The molecule has 0 atom stereocenters. The van der Waals surface area contributed by atoms with Crippen molar-refractivity contribution >= 4 is 5.95 Å². The minimum Gasteiger partial charge on any atom is -0.368 e. The van der Waals surface area contributed by atoms with Crippen molar-refractivity contribution in [2.45, 2.75) is 13.8 Å². The molecule has 0 aliphatic rings. The van der Waals surface area contributed by atoms with Crippen LogP contribution in [-0.4, -0.2) is 25.0 Å². The summed E-state index contributed by atoms with van der Waals surface area (Å²) in [6.45, 7) is 3.75. The lowest BCUT2D eigenvalue weighted by Gasteiger charge is -1.99. The molecular weight excluding hydrogens is 192 g/mol. The summed E-state index contributed by atoms with van der Waals surface area (Å²) in [5, 5.41) is 12.2. The number of nitrogens with two attached hydrogens (primary N) is 1. The van der Waals surface area contributed by atoms with Crippen LogP contribution in [0.4, 0.5) is 5.95 Å². The van der Waals surface area contributed by atoms with Gasteiger partial charge >= 0.3 is 0 Å². The monoisotopic (exact) mass is 204 g/mol. The molecule has 6 nitrogen and oxygen atoms in total. The number of nitrogen functional groups attached to an aromatic ring is 1. The number of nitrogens with zero attached hydrogens (tertiary/aromatic N) is 5. The molecular formula is C9H12N6. The average molecular weight is 204 g/mol. The van der Waals surface area contributed by atoms with Crippen molar-refractivity contribution in [3.05, 3.63) is 17.5 Å². The van der Waals surface area contributed by atoms with Gasteiger partial charge in [-0.05, 0) is 19.9 Å². The molecule has 78 valence electrons. The van der Waals surface area contributed by atoms with Gasteiger partial charge in [0.15, 0.2) is 5.82 Å². The maximum absolute atomic E-state index is 5.62. The standard InChI is InChI=1S/C9H12N6/c1-5-4-7(6(2)13-12-5)8-11-9(10)15(3)14-8/h4H,1-3H3,(H2,10,11,14). The second kappa shape index (κ2) is 3.30. The summed E-state index contributed by atoms with van der Waals surface area (Å²) in [6.07, 6.45) is 0. The van der Waals surface area contributed by atoms with E-state index in [4.69, 9.17) is 5.73 Å². The lowest BCUT2D eigenvalue weighted by atomic mass is 10.2. The first kappa shape index (κ1) is 9.57. The predicted octanol–water partition coefficient (Wildman–Crippen LogP) is 0.471. The molecule has 15 heavy (non-hydrogen) atoms. The van der Waals surface area contributed by atoms with Crippen molar-refractivity contribution in [1.82, 2.24) is 25.0 Å². The maximum Gasteiger partial charge on any atom is 0.218 e.